The van der Waals surface area contributed by atoms with Gasteiger partial charge in [0, 0.05) is 5.56 Å². The lowest BCUT2D eigenvalue weighted by atomic mass is 9.95. The molecule has 5 rings (SSSR count). The first-order valence-corrected chi connectivity index (χ1v) is 13.9. The Morgan fingerprint density at radius 1 is 1.00 bits per heavy atom. The number of rotatable bonds is 9. The molecule has 0 spiro atoms. The van der Waals surface area contributed by atoms with Crippen LogP contribution < -0.4 is 14.4 Å². The number of carbonyl (C=O) groups excluding carboxylic acids is 2. The zero-order valence-electron chi connectivity index (χ0n) is 22.1. The molecule has 39 heavy (non-hydrogen) atoms. The number of Topliss-reactive ketones (excluding diaryl/α,β-unsaturated/α-hetero) is 1. The van der Waals surface area contributed by atoms with E-state index in [-0.39, 0.29) is 11.3 Å². The van der Waals surface area contributed by atoms with Gasteiger partial charge >= 0.3 is 5.91 Å². The van der Waals surface area contributed by atoms with Crippen LogP contribution in [0.2, 0.25) is 0 Å². The summed E-state index contributed by atoms with van der Waals surface area (Å²) in [7, 11) is 0. The summed E-state index contributed by atoms with van der Waals surface area (Å²) >= 11 is 1.34. The minimum Gasteiger partial charge on any atom is -0.507 e. The van der Waals surface area contributed by atoms with E-state index in [0.29, 0.717) is 41.0 Å². The topological polar surface area (TPSA) is 89.0 Å². The maximum atomic E-state index is 13.5. The third-order valence-corrected chi connectivity index (χ3v) is 7.58. The van der Waals surface area contributed by atoms with E-state index in [2.05, 4.69) is 6.92 Å². The molecule has 1 amide bonds. The van der Waals surface area contributed by atoms with Gasteiger partial charge in [0.1, 0.15) is 17.3 Å². The van der Waals surface area contributed by atoms with Gasteiger partial charge in [-0.1, -0.05) is 55.0 Å². The van der Waals surface area contributed by atoms with E-state index in [1.54, 1.807) is 24.3 Å². The van der Waals surface area contributed by atoms with E-state index in [9.17, 15) is 14.7 Å². The average molecular weight is 543 g/mol. The van der Waals surface area contributed by atoms with Gasteiger partial charge in [0.2, 0.25) is 0 Å². The normalized spacial score (nSPS) is 16.7. The van der Waals surface area contributed by atoms with Crippen molar-refractivity contribution in [1.29, 1.82) is 0 Å². The van der Waals surface area contributed by atoms with E-state index in [1.807, 2.05) is 56.3 Å². The number of unbranched alkanes of at least 4 members (excludes halogenated alkanes) is 1. The first-order chi connectivity index (χ1) is 18.9. The van der Waals surface area contributed by atoms with Crippen molar-refractivity contribution in [3.05, 3.63) is 89.0 Å². The Labute approximate surface area is 231 Å². The van der Waals surface area contributed by atoms with Gasteiger partial charge in [0.15, 0.2) is 5.13 Å². The Balaban J connectivity index is 1.64. The third kappa shape index (κ3) is 5.25. The van der Waals surface area contributed by atoms with Crippen LogP contribution in [0.15, 0.2) is 72.3 Å². The highest BCUT2D eigenvalue weighted by Gasteiger charge is 2.48. The van der Waals surface area contributed by atoms with Crippen LogP contribution >= 0.6 is 11.3 Å². The van der Waals surface area contributed by atoms with E-state index in [1.165, 1.54) is 16.2 Å². The predicted octanol–water partition coefficient (Wildman–Crippen LogP) is 6.81. The number of ether oxygens (including phenoxy) is 2. The molecule has 3 aromatic carbocycles. The van der Waals surface area contributed by atoms with E-state index in [4.69, 9.17) is 14.5 Å². The van der Waals surface area contributed by atoms with Crippen molar-refractivity contribution >= 4 is 44.1 Å². The Morgan fingerprint density at radius 2 is 1.79 bits per heavy atom. The Hall–Kier alpha value is -4.17. The summed E-state index contributed by atoms with van der Waals surface area (Å²) < 4.78 is 12.3. The summed E-state index contributed by atoms with van der Waals surface area (Å²) in [6, 6.07) is 19.2. The highest BCUT2D eigenvalue weighted by atomic mass is 32.1. The summed E-state index contributed by atoms with van der Waals surface area (Å²) in [6.07, 6.45) is 1.97. The van der Waals surface area contributed by atoms with Crippen LogP contribution in [0.25, 0.3) is 16.0 Å². The number of aryl methyl sites for hydroxylation is 1. The summed E-state index contributed by atoms with van der Waals surface area (Å²) in [5, 5.41) is 11.9. The van der Waals surface area contributed by atoms with Crippen LogP contribution in [0.3, 0.4) is 0 Å². The summed E-state index contributed by atoms with van der Waals surface area (Å²) in [4.78, 5) is 33.1. The molecule has 8 heteroatoms. The van der Waals surface area contributed by atoms with Gasteiger partial charge in [-0.15, -0.1) is 0 Å². The van der Waals surface area contributed by atoms with E-state index < -0.39 is 17.7 Å². The Morgan fingerprint density at radius 3 is 2.54 bits per heavy atom. The van der Waals surface area contributed by atoms with Crippen LogP contribution in [0.4, 0.5) is 5.13 Å². The van der Waals surface area contributed by atoms with Gasteiger partial charge in [0.05, 0.1) is 35.0 Å². The summed E-state index contributed by atoms with van der Waals surface area (Å²) in [6.45, 7) is 7.02. The Bertz CT molecular complexity index is 1560. The van der Waals surface area contributed by atoms with Gasteiger partial charge in [0.25, 0.3) is 5.78 Å². The maximum absolute atomic E-state index is 13.5. The number of aromatic nitrogens is 1. The zero-order chi connectivity index (χ0) is 27.5. The molecular weight excluding hydrogens is 512 g/mol. The highest BCUT2D eigenvalue weighted by molar-refractivity contribution is 7.22. The van der Waals surface area contributed by atoms with Crippen molar-refractivity contribution in [2.75, 3.05) is 18.1 Å². The molecule has 0 bridgehead atoms. The smallest absolute Gasteiger partial charge is 0.301 e. The number of benzene rings is 3. The molecule has 1 aliphatic rings. The molecule has 200 valence electrons. The second kappa shape index (κ2) is 11.3. The van der Waals surface area contributed by atoms with Gasteiger partial charge in [-0.25, -0.2) is 4.98 Å². The van der Waals surface area contributed by atoms with Crippen LogP contribution in [-0.2, 0) is 9.59 Å². The van der Waals surface area contributed by atoms with Crippen LogP contribution in [-0.4, -0.2) is 35.0 Å². The Kier molecular flexibility index (Phi) is 7.65. The SMILES string of the molecule is CCCCOc1ccc(C2/C(=C(\O)c3cccc(OCC)c3)C(=O)C(=O)N2c2nc3ccc(C)cc3s2)cc1. The monoisotopic (exact) mass is 542 g/mol. The first kappa shape index (κ1) is 26.4. The molecule has 4 aromatic rings. The number of hydrogen-bond donors (Lipinski definition) is 1. The molecule has 1 fully saturated rings. The zero-order valence-corrected chi connectivity index (χ0v) is 23.0. The van der Waals surface area contributed by atoms with Gasteiger partial charge in [-0.2, -0.15) is 0 Å². The largest absolute Gasteiger partial charge is 0.507 e. The highest BCUT2D eigenvalue weighted by Crippen LogP contribution is 2.44. The summed E-state index contributed by atoms with van der Waals surface area (Å²) in [5.41, 5.74) is 2.87. The van der Waals surface area contributed by atoms with Gasteiger partial charge in [-0.3, -0.25) is 14.5 Å². The molecule has 7 nitrogen and oxygen atoms in total. The maximum Gasteiger partial charge on any atom is 0.301 e. The van der Waals surface area contributed by atoms with E-state index in [0.717, 1.165) is 28.6 Å². The number of anilines is 1. The standard InChI is InChI=1S/C31H30N2O5S/c1-4-6-16-38-22-13-11-20(12-14-22)27-26(28(34)21-8-7-9-23(18-21)37-5-2)29(35)30(36)33(27)31-32-24-15-10-19(3)17-25(24)39-31/h7-15,17-18,27,34H,4-6,16H2,1-3H3/b28-26+. The molecule has 1 atom stereocenters. The van der Waals surface area contributed by atoms with E-state index >= 15 is 0 Å². The van der Waals surface area contributed by atoms with Crippen molar-refractivity contribution in [3.8, 4) is 11.5 Å². The van der Waals surface area contributed by atoms with Crippen molar-refractivity contribution < 1.29 is 24.2 Å². The van der Waals surface area contributed by atoms with Gasteiger partial charge in [-0.05, 0) is 67.8 Å². The minimum absolute atomic E-state index is 0.00346. The fourth-order valence-corrected chi connectivity index (χ4v) is 5.69. The molecule has 0 saturated carbocycles. The summed E-state index contributed by atoms with van der Waals surface area (Å²) in [5.74, 6) is -0.506. The molecular formula is C31H30N2O5S. The van der Waals surface area contributed by atoms with Crippen LogP contribution in [0.1, 0.15) is 49.4 Å². The first-order valence-electron chi connectivity index (χ1n) is 13.1. The number of ketones is 1. The molecule has 1 N–H and O–H groups in total. The lowest BCUT2D eigenvalue weighted by Gasteiger charge is -2.23. The quantitative estimate of drug-likeness (QED) is 0.108. The number of carbonyl (C=O) groups is 2. The average Bonchev–Trinajstić information content (AvgIpc) is 3.46. The molecule has 1 aliphatic heterocycles. The molecule has 0 aliphatic carbocycles. The fraction of sp³-hybridized carbons (Fsp3) is 0.258. The van der Waals surface area contributed by atoms with Crippen molar-refractivity contribution in [2.24, 2.45) is 0 Å². The van der Waals surface area contributed by atoms with Crippen LogP contribution in [0.5, 0.6) is 11.5 Å². The third-order valence-electron chi connectivity index (χ3n) is 6.56. The molecule has 0 radical (unpaired) electrons. The molecule has 2 heterocycles. The molecule has 1 unspecified atom stereocenters. The lowest BCUT2D eigenvalue weighted by Crippen LogP contribution is -2.29. The second-order valence-corrected chi connectivity index (χ2v) is 10.4. The number of fused-ring (bicyclic) bond motifs is 1. The number of aliphatic hydroxyl groups excluding tert-OH is 1. The van der Waals surface area contributed by atoms with Crippen molar-refractivity contribution in [2.45, 2.75) is 39.7 Å². The second-order valence-electron chi connectivity index (χ2n) is 9.37. The number of thiazole rings is 1. The van der Waals surface area contributed by atoms with Gasteiger partial charge < -0.3 is 14.6 Å². The van der Waals surface area contributed by atoms with Crippen molar-refractivity contribution in [1.82, 2.24) is 4.98 Å². The number of hydrogen-bond acceptors (Lipinski definition) is 7. The number of amides is 1. The fourth-order valence-electron chi connectivity index (χ4n) is 4.60. The predicted molar refractivity (Wildman–Crippen MR) is 154 cm³/mol. The number of nitrogens with zero attached hydrogens (tertiary/aromatic N) is 2. The number of aliphatic hydroxyl groups is 1. The van der Waals surface area contributed by atoms with Crippen LogP contribution in [0, 0.1) is 6.92 Å². The molecule has 1 aromatic heterocycles. The minimum atomic E-state index is -0.868. The lowest BCUT2D eigenvalue weighted by molar-refractivity contribution is -0.132. The molecule has 1 saturated heterocycles. The van der Waals surface area contributed by atoms with Crippen molar-refractivity contribution in [3.63, 3.8) is 0 Å².